The first-order valence-electron chi connectivity index (χ1n) is 15.0. The number of hydrogen-bond donors (Lipinski definition) is 1. The molecule has 3 fully saturated rings. The normalized spacial score (nSPS) is 29.0. The van der Waals surface area contributed by atoms with Gasteiger partial charge in [0.2, 0.25) is 23.6 Å². The number of anilines is 2. The van der Waals surface area contributed by atoms with Gasteiger partial charge in [-0.1, -0.05) is 53.6 Å². The van der Waals surface area contributed by atoms with Gasteiger partial charge in [0.05, 0.1) is 46.2 Å². The molecule has 0 spiro atoms. The van der Waals surface area contributed by atoms with Crippen molar-refractivity contribution in [1.82, 2.24) is 0 Å². The number of imide groups is 2. The van der Waals surface area contributed by atoms with Gasteiger partial charge in [-0.3, -0.25) is 24.1 Å². The fourth-order valence-corrected chi connectivity index (χ4v) is 8.28. The Morgan fingerprint density at radius 3 is 2.40 bits per heavy atom. The maximum Gasteiger partial charge on any atom is 0.241 e. The highest BCUT2D eigenvalue weighted by molar-refractivity contribution is 6.32. The second-order valence-electron chi connectivity index (χ2n) is 12.2. The topological polar surface area (TPSA) is 104 Å². The lowest BCUT2D eigenvalue weighted by Crippen LogP contribution is -2.48. The van der Waals surface area contributed by atoms with Crippen LogP contribution in [-0.4, -0.2) is 35.3 Å². The highest BCUT2D eigenvalue weighted by Crippen LogP contribution is 2.65. The lowest BCUT2D eigenvalue weighted by Gasteiger charge is -2.49. The fraction of sp³-hybridized carbons (Fsp3) is 0.314. The molecule has 4 amide bonds. The molecule has 3 aromatic rings. The van der Waals surface area contributed by atoms with Crippen LogP contribution in [0.2, 0.25) is 5.02 Å². The van der Waals surface area contributed by atoms with Crippen molar-refractivity contribution in [2.75, 3.05) is 16.4 Å². The molecule has 45 heavy (non-hydrogen) atoms. The van der Waals surface area contributed by atoms with Crippen LogP contribution in [0.4, 0.5) is 15.8 Å². The summed E-state index contributed by atoms with van der Waals surface area (Å²) < 4.78 is 19.8. The average Bonchev–Trinajstić information content (AvgIpc) is 3.40. The third kappa shape index (κ3) is 4.09. The monoisotopic (exact) mass is 628 g/mol. The smallest absolute Gasteiger partial charge is 0.241 e. The summed E-state index contributed by atoms with van der Waals surface area (Å²) in [7, 11) is 0. The summed E-state index contributed by atoms with van der Waals surface area (Å²) in [5.41, 5.74) is 0.347. The number of carbonyl (C=O) groups is 4. The number of amides is 4. The van der Waals surface area contributed by atoms with Crippen LogP contribution in [0.5, 0.6) is 11.5 Å². The minimum absolute atomic E-state index is 0.135. The van der Waals surface area contributed by atoms with Crippen LogP contribution in [0.15, 0.2) is 78.4 Å². The summed E-state index contributed by atoms with van der Waals surface area (Å²) in [5.74, 6) is -5.95. The Morgan fingerprint density at radius 1 is 0.933 bits per heavy atom. The lowest BCUT2D eigenvalue weighted by atomic mass is 9.51. The molecule has 7 rings (SSSR count). The zero-order valence-corrected chi connectivity index (χ0v) is 25.3. The zero-order valence-electron chi connectivity index (χ0n) is 24.6. The number of allylic oxidation sites excluding steroid dienone is 2. The number of fused-ring (bicyclic) bond motifs is 4. The van der Waals surface area contributed by atoms with Crippen molar-refractivity contribution in [2.24, 2.45) is 29.1 Å². The van der Waals surface area contributed by atoms with Crippen LogP contribution in [0.3, 0.4) is 0 Å². The number of phenolic OH excluding ortho intramolecular Hbond substituents is 1. The van der Waals surface area contributed by atoms with E-state index >= 15 is 0 Å². The van der Waals surface area contributed by atoms with E-state index in [0.717, 1.165) is 16.5 Å². The minimum atomic E-state index is -1.39. The summed E-state index contributed by atoms with van der Waals surface area (Å²) in [4.78, 5) is 58.9. The molecule has 1 N–H and O–H groups in total. The molecular formula is C35H30ClFN2O6. The number of aromatic hydroxyl groups is 1. The predicted octanol–water partition coefficient (Wildman–Crippen LogP) is 6.02. The molecule has 0 bridgehead atoms. The van der Waals surface area contributed by atoms with E-state index < -0.39 is 52.6 Å². The van der Waals surface area contributed by atoms with E-state index in [2.05, 4.69) is 0 Å². The lowest BCUT2D eigenvalue weighted by molar-refractivity contribution is -0.131. The van der Waals surface area contributed by atoms with E-state index in [1.807, 2.05) is 6.08 Å². The van der Waals surface area contributed by atoms with E-state index in [1.54, 1.807) is 62.4 Å². The number of para-hydroxylation sites is 2. The molecule has 1 saturated carbocycles. The number of nitrogens with zero attached hydrogens (tertiary/aromatic N) is 2. The first kappa shape index (κ1) is 29.2. The first-order chi connectivity index (χ1) is 21.6. The Morgan fingerprint density at radius 2 is 1.69 bits per heavy atom. The average molecular weight is 629 g/mol. The Balaban J connectivity index is 1.39. The maximum atomic E-state index is 14.5. The quantitative estimate of drug-likeness (QED) is 0.274. The second kappa shape index (κ2) is 10.5. The number of phenols is 1. The van der Waals surface area contributed by atoms with Gasteiger partial charge in [-0.05, 0) is 69.0 Å². The van der Waals surface area contributed by atoms with Gasteiger partial charge in [-0.15, -0.1) is 0 Å². The van der Waals surface area contributed by atoms with Gasteiger partial charge < -0.3 is 9.84 Å². The highest BCUT2D eigenvalue weighted by atomic mass is 35.5. The van der Waals surface area contributed by atoms with Gasteiger partial charge in [-0.2, -0.15) is 0 Å². The number of hydrogen-bond acceptors (Lipinski definition) is 6. The van der Waals surface area contributed by atoms with Crippen LogP contribution in [0.1, 0.15) is 38.2 Å². The predicted molar refractivity (Wildman–Crippen MR) is 164 cm³/mol. The molecular weight excluding hydrogens is 599 g/mol. The summed E-state index contributed by atoms with van der Waals surface area (Å²) in [6.07, 6.45) is 2.33. The third-order valence-electron chi connectivity index (χ3n) is 10.1. The molecule has 6 unspecified atom stereocenters. The number of rotatable bonds is 5. The molecule has 10 heteroatoms. The molecule has 3 aromatic carbocycles. The van der Waals surface area contributed by atoms with Gasteiger partial charge in [0.15, 0.2) is 11.5 Å². The Bertz CT molecular complexity index is 1810. The van der Waals surface area contributed by atoms with Crippen molar-refractivity contribution in [2.45, 2.75) is 32.6 Å². The molecule has 230 valence electrons. The van der Waals surface area contributed by atoms with Gasteiger partial charge in [0.1, 0.15) is 5.82 Å². The molecule has 2 aliphatic heterocycles. The van der Waals surface area contributed by atoms with Crippen molar-refractivity contribution in [3.05, 3.63) is 94.8 Å². The van der Waals surface area contributed by atoms with Crippen LogP contribution < -0.4 is 14.5 Å². The van der Waals surface area contributed by atoms with E-state index in [1.165, 1.54) is 17.0 Å². The zero-order chi connectivity index (χ0) is 31.8. The minimum Gasteiger partial charge on any atom is -0.504 e. The van der Waals surface area contributed by atoms with Crippen molar-refractivity contribution < 1.29 is 33.4 Å². The summed E-state index contributed by atoms with van der Waals surface area (Å²) in [5, 5.41) is 11.3. The second-order valence-corrected chi connectivity index (χ2v) is 12.6. The molecule has 6 atom stereocenters. The van der Waals surface area contributed by atoms with Crippen molar-refractivity contribution in [3.8, 4) is 11.5 Å². The number of benzene rings is 3. The van der Waals surface area contributed by atoms with Crippen molar-refractivity contribution in [1.29, 1.82) is 0 Å². The van der Waals surface area contributed by atoms with Gasteiger partial charge in [-0.25, -0.2) is 9.29 Å². The molecule has 2 saturated heterocycles. The maximum absolute atomic E-state index is 14.5. The summed E-state index contributed by atoms with van der Waals surface area (Å²) in [6, 6.07) is 17.5. The number of carbonyl (C=O) groups excluding carboxylic acids is 4. The third-order valence-corrected chi connectivity index (χ3v) is 10.4. The molecule has 2 aliphatic carbocycles. The van der Waals surface area contributed by atoms with Gasteiger partial charge >= 0.3 is 0 Å². The highest BCUT2D eigenvalue weighted by Gasteiger charge is 2.68. The Labute approximate surface area is 264 Å². The first-order valence-corrected chi connectivity index (χ1v) is 15.4. The van der Waals surface area contributed by atoms with Crippen LogP contribution >= 0.6 is 11.6 Å². The summed E-state index contributed by atoms with van der Waals surface area (Å²) in [6.45, 7) is 3.79. The molecule has 4 aliphatic rings. The molecule has 0 aromatic heterocycles. The Hall–Kier alpha value is -4.50. The van der Waals surface area contributed by atoms with Gasteiger partial charge in [0.25, 0.3) is 0 Å². The molecule has 0 radical (unpaired) electrons. The standard InChI is InChI=1S/C35H30ClFN2O6/c1-3-45-27-11-7-10-22(30(27)40)29-20-13-14-21-28(33(43)38(31(21)41)18-8-5-4-6-9-18)23(20)17-24-32(42)39(34(44)35(24,29)2)19-12-15-26(37)25(36)16-19/h4-13,15-16,21,23-24,28-29,40H,3,14,17H2,1-2H3. The number of halogens is 2. The fourth-order valence-electron chi connectivity index (χ4n) is 8.11. The largest absolute Gasteiger partial charge is 0.504 e. The van der Waals surface area contributed by atoms with Crippen LogP contribution in [0.25, 0.3) is 0 Å². The Kier molecular flexibility index (Phi) is 6.85. The van der Waals surface area contributed by atoms with Crippen LogP contribution in [0, 0.1) is 34.9 Å². The van der Waals surface area contributed by atoms with E-state index in [4.69, 9.17) is 16.3 Å². The van der Waals surface area contributed by atoms with Crippen molar-refractivity contribution >= 4 is 46.6 Å². The van der Waals surface area contributed by atoms with Crippen LogP contribution in [-0.2, 0) is 19.2 Å². The number of ether oxygens (including phenoxy) is 1. The SMILES string of the molecule is CCOc1cccc(C2C3=CCC4C(=O)N(c5ccccc5)C(=O)C4C3CC3C(=O)N(c4ccc(F)c(Cl)c4)C(=O)C32C)c1O. The molecule has 8 nitrogen and oxygen atoms in total. The van der Waals surface area contributed by atoms with E-state index in [-0.39, 0.29) is 46.9 Å². The summed E-state index contributed by atoms with van der Waals surface area (Å²) >= 11 is 6.07. The van der Waals surface area contributed by atoms with Gasteiger partial charge in [0, 0.05) is 11.5 Å². The van der Waals surface area contributed by atoms with E-state index in [9.17, 15) is 28.7 Å². The van der Waals surface area contributed by atoms with Crippen molar-refractivity contribution in [3.63, 3.8) is 0 Å². The molecule has 2 heterocycles. The van der Waals surface area contributed by atoms with E-state index in [0.29, 0.717) is 17.9 Å².